The van der Waals surface area contributed by atoms with Gasteiger partial charge in [-0.05, 0) is 25.1 Å². The van der Waals surface area contributed by atoms with Gasteiger partial charge in [-0.15, -0.1) is 0 Å². The standard InChI is InChI=1S/C10H10N2O2/c1-7-11-10(14-12-7)8-4-3-5-9(6-8)13-2/h3-6H,1-2H3. The summed E-state index contributed by atoms with van der Waals surface area (Å²) in [5.74, 6) is 1.92. The highest BCUT2D eigenvalue weighted by Gasteiger charge is 2.06. The van der Waals surface area contributed by atoms with Crippen LogP contribution in [0.25, 0.3) is 11.5 Å². The lowest BCUT2D eigenvalue weighted by molar-refractivity contribution is 0.412. The summed E-state index contributed by atoms with van der Waals surface area (Å²) in [4.78, 5) is 4.12. The smallest absolute Gasteiger partial charge is 0.258 e. The second-order valence-corrected chi connectivity index (χ2v) is 2.88. The third kappa shape index (κ3) is 1.59. The average molecular weight is 190 g/mol. The van der Waals surface area contributed by atoms with Crippen LogP contribution in [0.15, 0.2) is 28.8 Å². The number of benzene rings is 1. The molecule has 0 radical (unpaired) electrons. The van der Waals surface area contributed by atoms with E-state index in [1.807, 2.05) is 24.3 Å². The maximum absolute atomic E-state index is 5.09. The van der Waals surface area contributed by atoms with Gasteiger partial charge in [-0.1, -0.05) is 11.2 Å². The van der Waals surface area contributed by atoms with Crippen molar-refractivity contribution in [2.24, 2.45) is 0 Å². The van der Waals surface area contributed by atoms with Crippen molar-refractivity contribution >= 4 is 0 Å². The largest absolute Gasteiger partial charge is 0.497 e. The van der Waals surface area contributed by atoms with Crippen LogP contribution in [0, 0.1) is 6.92 Å². The topological polar surface area (TPSA) is 48.2 Å². The van der Waals surface area contributed by atoms with Crippen molar-refractivity contribution in [3.63, 3.8) is 0 Å². The van der Waals surface area contributed by atoms with E-state index in [1.165, 1.54) is 0 Å². The molecular formula is C10H10N2O2. The van der Waals surface area contributed by atoms with Crippen molar-refractivity contribution in [1.82, 2.24) is 10.1 Å². The first kappa shape index (κ1) is 8.74. The minimum absolute atomic E-state index is 0.515. The Kier molecular flexibility index (Phi) is 2.18. The van der Waals surface area contributed by atoms with Gasteiger partial charge in [-0.2, -0.15) is 4.98 Å². The fourth-order valence-corrected chi connectivity index (χ4v) is 1.17. The van der Waals surface area contributed by atoms with E-state index in [0.29, 0.717) is 11.7 Å². The van der Waals surface area contributed by atoms with Gasteiger partial charge >= 0.3 is 0 Å². The summed E-state index contributed by atoms with van der Waals surface area (Å²) < 4.78 is 10.1. The number of hydrogen-bond donors (Lipinski definition) is 0. The molecule has 72 valence electrons. The zero-order chi connectivity index (χ0) is 9.97. The summed E-state index contributed by atoms with van der Waals surface area (Å²) in [5.41, 5.74) is 0.866. The van der Waals surface area contributed by atoms with Crippen molar-refractivity contribution < 1.29 is 9.26 Å². The molecule has 0 aliphatic heterocycles. The predicted octanol–water partition coefficient (Wildman–Crippen LogP) is 2.05. The highest BCUT2D eigenvalue weighted by molar-refractivity contribution is 5.55. The molecular weight excluding hydrogens is 180 g/mol. The van der Waals surface area contributed by atoms with E-state index in [2.05, 4.69) is 10.1 Å². The third-order valence-corrected chi connectivity index (χ3v) is 1.84. The van der Waals surface area contributed by atoms with Gasteiger partial charge in [0.05, 0.1) is 7.11 Å². The van der Waals surface area contributed by atoms with Gasteiger partial charge in [0.15, 0.2) is 5.82 Å². The molecule has 1 aromatic carbocycles. The lowest BCUT2D eigenvalue weighted by atomic mass is 10.2. The normalized spacial score (nSPS) is 10.1. The first-order valence-corrected chi connectivity index (χ1v) is 4.24. The quantitative estimate of drug-likeness (QED) is 0.727. The lowest BCUT2D eigenvalue weighted by Crippen LogP contribution is -1.83. The molecule has 1 aromatic heterocycles. The number of aromatic nitrogens is 2. The Balaban J connectivity index is 2.41. The molecule has 14 heavy (non-hydrogen) atoms. The minimum Gasteiger partial charge on any atom is -0.497 e. The number of aryl methyl sites for hydroxylation is 1. The minimum atomic E-state index is 0.515. The van der Waals surface area contributed by atoms with Crippen molar-refractivity contribution in [1.29, 1.82) is 0 Å². The van der Waals surface area contributed by atoms with Gasteiger partial charge in [0.25, 0.3) is 5.89 Å². The molecule has 0 atom stereocenters. The highest BCUT2D eigenvalue weighted by Crippen LogP contribution is 2.21. The van der Waals surface area contributed by atoms with Gasteiger partial charge in [-0.3, -0.25) is 0 Å². The summed E-state index contributed by atoms with van der Waals surface area (Å²) in [6, 6.07) is 7.50. The van der Waals surface area contributed by atoms with Crippen LogP contribution < -0.4 is 4.74 Å². The van der Waals surface area contributed by atoms with Crippen molar-refractivity contribution in [3.05, 3.63) is 30.1 Å². The number of hydrogen-bond acceptors (Lipinski definition) is 4. The molecule has 2 rings (SSSR count). The first-order valence-electron chi connectivity index (χ1n) is 4.24. The summed E-state index contributed by atoms with van der Waals surface area (Å²) >= 11 is 0. The molecule has 2 aromatic rings. The molecule has 0 saturated carbocycles. The van der Waals surface area contributed by atoms with Gasteiger partial charge < -0.3 is 9.26 Å². The van der Waals surface area contributed by atoms with Crippen molar-refractivity contribution in [2.75, 3.05) is 7.11 Å². The van der Waals surface area contributed by atoms with Crippen LogP contribution >= 0.6 is 0 Å². The van der Waals surface area contributed by atoms with Crippen LogP contribution in [-0.2, 0) is 0 Å². The summed E-state index contributed by atoms with van der Waals surface area (Å²) in [6.07, 6.45) is 0. The molecule has 0 amide bonds. The molecule has 0 bridgehead atoms. The molecule has 4 nitrogen and oxygen atoms in total. The Morgan fingerprint density at radius 1 is 1.36 bits per heavy atom. The van der Waals surface area contributed by atoms with E-state index in [9.17, 15) is 0 Å². The molecule has 0 aliphatic carbocycles. The van der Waals surface area contributed by atoms with E-state index < -0.39 is 0 Å². The van der Waals surface area contributed by atoms with Crippen LogP contribution in [0.5, 0.6) is 5.75 Å². The number of rotatable bonds is 2. The number of ether oxygens (including phenoxy) is 1. The van der Waals surface area contributed by atoms with Gasteiger partial charge in [0.1, 0.15) is 5.75 Å². The summed E-state index contributed by atoms with van der Waals surface area (Å²) in [7, 11) is 1.62. The van der Waals surface area contributed by atoms with Crippen molar-refractivity contribution in [2.45, 2.75) is 6.92 Å². The van der Waals surface area contributed by atoms with Crippen LogP contribution in [0.2, 0.25) is 0 Å². The molecule has 0 aliphatic rings. The zero-order valence-corrected chi connectivity index (χ0v) is 8.02. The fraction of sp³-hybridized carbons (Fsp3) is 0.200. The Hall–Kier alpha value is -1.84. The maximum atomic E-state index is 5.09. The summed E-state index contributed by atoms with van der Waals surface area (Å²) in [6.45, 7) is 1.78. The lowest BCUT2D eigenvalue weighted by Gasteiger charge is -1.99. The molecule has 0 fully saturated rings. The van der Waals surface area contributed by atoms with Crippen LogP contribution in [0.1, 0.15) is 5.82 Å². The molecule has 0 spiro atoms. The SMILES string of the molecule is COc1cccc(-c2nc(C)no2)c1. The third-order valence-electron chi connectivity index (χ3n) is 1.84. The molecule has 4 heteroatoms. The second-order valence-electron chi connectivity index (χ2n) is 2.88. The Bertz CT molecular complexity index is 437. The fourth-order valence-electron chi connectivity index (χ4n) is 1.17. The van der Waals surface area contributed by atoms with E-state index in [1.54, 1.807) is 14.0 Å². The van der Waals surface area contributed by atoms with Crippen LogP contribution in [0.4, 0.5) is 0 Å². The number of nitrogens with zero attached hydrogens (tertiary/aromatic N) is 2. The van der Waals surface area contributed by atoms with E-state index in [4.69, 9.17) is 9.26 Å². The molecule has 0 N–H and O–H groups in total. The predicted molar refractivity (Wildman–Crippen MR) is 51.0 cm³/mol. The monoisotopic (exact) mass is 190 g/mol. The Morgan fingerprint density at radius 2 is 2.21 bits per heavy atom. The van der Waals surface area contributed by atoms with Gasteiger partial charge in [0.2, 0.25) is 0 Å². The maximum Gasteiger partial charge on any atom is 0.258 e. The Morgan fingerprint density at radius 3 is 2.86 bits per heavy atom. The van der Waals surface area contributed by atoms with Gasteiger partial charge in [-0.25, -0.2) is 0 Å². The molecule has 0 saturated heterocycles. The van der Waals surface area contributed by atoms with Crippen LogP contribution in [-0.4, -0.2) is 17.3 Å². The van der Waals surface area contributed by atoms with Gasteiger partial charge in [0, 0.05) is 5.56 Å². The van der Waals surface area contributed by atoms with Crippen molar-refractivity contribution in [3.8, 4) is 17.2 Å². The average Bonchev–Trinajstić information content (AvgIpc) is 2.65. The second kappa shape index (κ2) is 3.49. The first-order chi connectivity index (χ1) is 6.79. The summed E-state index contributed by atoms with van der Waals surface area (Å²) in [5, 5.41) is 3.72. The van der Waals surface area contributed by atoms with E-state index >= 15 is 0 Å². The molecule has 0 unspecified atom stereocenters. The van der Waals surface area contributed by atoms with E-state index in [0.717, 1.165) is 11.3 Å². The molecule has 1 heterocycles. The van der Waals surface area contributed by atoms with Crippen LogP contribution in [0.3, 0.4) is 0 Å². The highest BCUT2D eigenvalue weighted by atomic mass is 16.5. The number of methoxy groups -OCH3 is 1. The van der Waals surface area contributed by atoms with E-state index in [-0.39, 0.29) is 0 Å². The Labute approximate surface area is 81.5 Å². The zero-order valence-electron chi connectivity index (χ0n) is 8.02.